The summed E-state index contributed by atoms with van der Waals surface area (Å²) in [5.74, 6) is 0.309. The highest BCUT2D eigenvalue weighted by molar-refractivity contribution is 7.80. The van der Waals surface area contributed by atoms with Crippen LogP contribution in [0.1, 0.15) is 17.3 Å². The molecule has 0 aliphatic rings. The quantitative estimate of drug-likeness (QED) is 0.616. The number of methoxy groups -OCH3 is 1. The summed E-state index contributed by atoms with van der Waals surface area (Å²) in [7, 11) is 1.34. The highest BCUT2D eigenvalue weighted by Gasteiger charge is 2.09. The van der Waals surface area contributed by atoms with Gasteiger partial charge in [0.05, 0.1) is 19.3 Å². The number of thiol groups is 1. The van der Waals surface area contributed by atoms with E-state index in [1.807, 2.05) is 6.92 Å². The number of carbonyl (C=O) groups is 1. The zero-order chi connectivity index (χ0) is 10.6. The van der Waals surface area contributed by atoms with Gasteiger partial charge in [-0.1, -0.05) is 0 Å². The van der Waals surface area contributed by atoms with E-state index in [1.165, 1.54) is 7.11 Å². The van der Waals surface area contributed by atoms with E-state index < -0.39 is 5.97 Å². The molecule has 0 amide bonds. The Labute approximate surface area is 88.4 Å². The van der Waals surface area contributed by atoms with Gasteiger partial charge in [-0.2, -0.15) is 0 Å². The van der Waals surface area contributed by atoms with E-state index in [0.717, 1.165) is 0 Å². The molecule has 0 unspecified atom stereocenters. The SMILES string of the molecule is CCOc1ccc(C(=O)OC)c(S)c1. The second kappa shape index (κ2) is 4.91. The van der Waals surface area contributed by atoms with Crippen LogP contribution in [0.3, 0.4) is 0 Å². The largest absolute Gasteiger partial charge is 0.494 e. The van der Waals surface area contributed by atoms with Crippen molar-refractivity contribution < 1.29 is 14.3 Å². The fraction of sp³-hybridized carbons (Fsp3) is 0.300. The number of rotatable bonds is 3. The van der Waals surface area contributed by atoms with Crippen LogP contribution in [0.5, 0.6) is 5.75 Å². The van der Waals surface area contributed by atoms with Crippen molar-refractivity contribution in [2.45, 2.75) is 11.8 Å². The Kier molecular flexibility index (Phi) is 3.83. The monoisotopic (exact) mass is 212 g/mol. The standard InChI is InChI=1S/C10H12O3S/c1-3-13-7-4-5-8(9(14)6-7)10(11)12-2/h4-6,14H,3H2,1-2H3. The van der Waals surface area contributed by atoms with Gasteiger partial charge < -0.3 is 9.47 Å². The summed E-state index contributed by atoms with van der Waals surface area (Å²) < 4.78 is 9.84. The predicted octanol–water partition coefficient (Wildman–Crippen LogP) is 2.16. The Hall–Kier alpha value is -1.16. The molecule has 0 spiro atoms. The zero-order valence-electron chi connectivity index (χ0n) is 8.11. The number of benzene rings is 1. The number of ether oxygens (including phenoxy) is 2. The smallest absolute Gasteiger partial charge is 0.338 e. The molecule has 4 heteroatoms. The molecule has 0 saturated carbocycles. The van der Waals surface area contributed by atoms with Crippen LogP contribution in [0.15, 0.2) is 23.1 Å². The van der Waals surface area contributed by atoms with Gasteiger partial charge in [0, 0.05) is 4.90 Å². The lowest BCUT2D eigenvalue weighted by atomic mass is 10.2. The van der Waals surface area contributed by atoms with E-state index in [0.29, 0.717) is 22.8 Å². The third-order valence-corrected chi connectivity index (χ3v) is 2.06. The van der Waals surface area contributed by atoms with E-state index >= 15 is 0 Å². The summed E-state index contributed by atoms with van der Waals surface area (Å²) in [6, 6.07) is 5.05. The van der Waals surface area contributed by atoms with E-state index in [9.17, 15) is 4.79 Å². The minimum absolute atomic E-state index is 0.391. The minimum atomic E-state index is -0.391. The first-order valence-electron chi connectivity index (χ1n) is 4.23. The molecule has 1 rings (SSSR count). The molecule has 14 heavy (non-hydrogen) atoms. The summed E-state index contributed by atoms with van der Waals surface area (Å²) in [6.45, 7) is 2.48. The van der Waals surface area contributed by atoms with Gasteiger partial charge in [-0.25, -0.2) is 4.79 Å². The lowest BCUT2D eigenvalue weighted by Crippen LogP contribution is -2.02. The number of hydrogen-bond donors (Lipinski definition) is 1. The predicted molar refractivity (Wildman–Crippen MR) is 56.2 cm³/mol. The van der Waals surface area contributed by atoms with Gasteiger partial charge >= 0.3 is 5.97 Å². The van der Waals surface area contributed by atoms with Gasteiger partial charge in [-0.05, 0) is 25.1 Å². The topological polar surface area (TPSA) is 35.5 Å². The van der Waals surface area contributed by atoms with E-state index in [1.54, 1.807) is 18.2 Å². The Morgan fingerprint density at radius 3 is 2.71 bits per heavy atom. The highest BCUT2D eigenvalue weighted by Crippen LogP contribution is 2.21. The average molecular weight is 212 g/mol. The van der Waals surface area contributed by atoms with Crippen LogP contribution >= 0.6 is 12.6 Å². The van der Waals surface area contributed by atoms with Gasteiger partial charge in [-0.3, -0.25) is 0 Å². The van der Waals surface area contributed by atoms with Crippen LogP contribution in [-0.2, 0) is 4.74 Å². The van der Waals surface area contributed by atoms with Crippen molar-refractivity contribution in [3.05, 3.63) is 23.8 Å². The molecule has 0 atom stereocenters. The molecule has 0 radical (unpaired) electrons. The summed E-state index contributed by atoms with van der Waals surface area (Å²) in [5, 5.41) is 0. The molecular weight excluding hydrogens is 200 g/mol. The van der Waals surface area contributed by atoms with Gasteiger partial charge in [0.2, 0.25) is 0 Å². The molecular formula is C10H12O3S. The van der Waals surface area contributed by atoms with Crippen molar-refractivity contribution in [2.24, 2.45) is 0 Å². The number of esters is 1. The van der Waals surface area contributed by atoms with Crippen molar-refractivity contribution in [3.8, 4) is 5.75 Å². The molecule has 0 heterocycles. The van der Waals surface area contributed by atoms with Gasteiger partial charge in [-0.15, -0.1) is 12.6 Å². The molecule has 1 aromatic rings. The van der Waals surface area contributed by atoms with Crippen molar-refractivity contribution in [3.63, 3.8) is 0 Å². The molecule has 0 N–H and O–H groups in total. The van der Waals surface area contributed by atoms with Gasteiger partial charge in [0.25, 0.3) is 0 Å². The normalized spacial score (nSPS) is 9.64. The molecule has 0 aliphatic heterocycles. The molecule has 76 valence electrons. The Bertz CT molecular complexity index is 336. The second-order valence-corrected chi connectivity index (χ2v) is 3.09. The summed E-state index contributed by atoms with van der Waals surface area (Å²) in [6.07, 6.45) is 0. The third kappa shape index (κ3) is 2.42. The van der Waals surface area contributed by atoms with Crippen LogP contribution < -0.4 is 4.74 Å². The van der Waals surface area contributed by atoms with Crippen molar-refractivity contribution >= 4 is 18.6 Å². The van der Waals surface area contributed by atoms with Gasteiger partial charge in [0.1, 0.15) is 5.75 Å². The highest BCUT2D eigenvalue weighted by atomic mass is 32.1. The molecule has 0 fully saturated rings. The lowest BCUT2D eigenvalue weighted by Gasteiger charge is -2.06. The molecule has 3 nitrogen and oxygen atoms in total. The Balaban J connectivity index is 2.95. The summed E-state index contributed by atoms with van der Waals surface area (Å²) in [4.78, 5) is 11.7. The van der Waals surface area contributed by atoms with Crippen LogP contribution in [0.4, 0.5) is 0 Å². The van der Waals surface area contributed by atoms with Crippen LogP contribution in [-0.4, -0.2) is 19.7 Å². The number of hydrogen-bond acceptors (Lipinski definition) is 4. The maximum absolute atomic E-state index is 11.2. The maximum atomic E-state index is 11.2. The first-order chi connectivity index (χ1) is 6.69. The van der Waals surface area contributed by atoms with Crippen molar-refractivity contribution in [1.29, 1.82) is 0 Å². The molecule has 0 aromatic heterocycles. The van der Waals surface area contributed by atoms with Gasteiger partial charge in [0.15, 0.2) is 0 Å². The van der Waals surface area contributed by atoms with Crippen molar-refractivity contribution in [2.75, 3.05) is 13.7 Å². The fourth-order valence-electron chi connectivity index (χ4n) is 1.05. The fourth-order valence-corrected chi connectivity index (χ4v) is 1.34. The number of carbonyl (C=O) groups excluding carboxylic acids is 1. The van der Waals surface area contributed by atoms with E-state index in [2.05, 4.69) is 17.4 Å². The minimum Gasteiger partial charge on any atom is -0.494 e. The Morgan fingerprint density at radius 2 is 2.21 bits per heavy atom. The second-order valence-electron chi connectivity index (χ2n) is 2.60. The molecule has 1 aromatic carbocycles. The summed E-state index contributed by atoms with van der Waals surface area (Å²) >= 11 is 4.17. The molecule has 0 bridgehead atoms. The molecule has 0 saturated heterocycles. The first-order valence-corrected chi connectivity index (χ1v) is 4.68. The molecule has 0 aliphatic carbocycles. The first kappa shape index (κ1) is 10.9. The van der Waals surface area contributed by atoms with Crippen molar-refractivity contribution in [1.82, 2.24) is 0 Å². The Morgan fingerprint density at radius 1 is 1.50 bits per heavy atom. The maximum Gasteiger partial charge on any atom is 0.338 e. The van der Waals surface area contributed by atoms with Crippen LogP contribution in [0, 0.1) is 0 Å². The van der Waals surface area contributed by atoms with Crippen LogP contribution in [0.25, 0.3) is 0 Å². The van der Waals surface area contributed by atoms with Crippen LogP contribution in [0.2, 0.25) is 0 Å². The lowest BCUT2D eigenvalue weighted by molar-refractivity contribution is 0.0597. The summed E-state index contributed by atoms with van der Waals surface area (Å²) in [5.41, 5.74) is 0.444. The van der Waals surface area contributed by atoms with E-state index in [4.69, 9.17) is 4.74 Å². The average Bonchev–Trinajstić information content (AvgIpc) is 2.17. The zero-order valence-corrected chi connectivity index (χ0v) is 9.01. The van der Waals surface area contributed by atoms with E-state index in [-0.39, 0.29) is 0 Å². The third-order valence-electron chi connectivity index (χ3n) is 1.69.